The molecule has 0 bridgehead atoms. The van der Waals surface area contributed by atoms with Gasteiger partial charge in [0.05, 0.1) is 45.0 Å². The van der Waals surface area contributed by atoms with E-state index in [2.05, 4.69) is 0 Å². The molecule has 0 aromatic rings. The van der Waals surface area contributed by atoms with Gasteiger partial charge in [-0.1, -0.05) is 0 Å². The summed E-state index contributed by atoms with van der Waals surface area (Å²) in [7, 11) is -8.35. The van der Waals surface area contributed by atoms with E-state index < -0.39 is 45.0 Å². The second-order valence-electron chi connectivity index (χ2n) is 1.97. The minimum absolute atomic E-state index is 0. The Balaban J connectivity index is -0.0000000800. The van der Waals surface area contributed by atoms with E-state index >= 15 is 0 Å². The monoisotopic (exact) mass is 286 g/mol. The highest BCUT2D eigenvalue weighted by atomic mass is 32.2. The number of aliphatic hydroxyl groups is 2. The normalized spacial score (nSPS) is 10.2. The SMILES string of the molecule is O=S(=O)([O-])CCO.O=S(=O)([O-])CCO.[NH4+].[NH4+]. The lowest BCUT2D eigenvalue weighted by molar-refractivity contribution is 0.313. The van der Waals surface area contributed by atoms with Gasteiger partial charge in [0.1, 0.15) is 0 Å². The molecule has 16 heavy (non-hydrogen) atoms. The van der Waals surface area contributed by atoms with E-state index in [-0.39, 0.29) is 12.3 Å². The first-order chi connectivity index (χ1) is 6.12. The first-order valence-corrected chi connectivity index (χ1v) is 6.36. The molecule has 0 aromatic carbocycles. The van der Waals surface area contributed by atoms with E-state index in [0.29, 0.717) is 0 Å². The third-order valence-electron chi connectivity index (χ3n) is 0.683. The average Bonchev–Trinajstić information content (AvgIpc) is 1.81. The third kappa shape index (κ3) is 37.3. The Kier molecular flexibility index (Phi) is 17.3. The van der Waals surface area contributed by atoms with Gasteiger partial charge >= 0.3 is 0 Å². The van der Waals surface area contributed by atoms with Gasteiger partial charge in [-0.05, 0) is 0 Å². The summed E-state index contributed by atoms with van der Waals surface area (Å²) in [4.78, 5) is 0. The molecular weight excluding hydrogens is 268 g/mol. The van der Waals surface area contributed by atoms with Crippen molar-refractivity contribution in [2.24, 2.45) is 0 Å². The largest absolute Gasteiger partial charge is 0.748 e. The molecule has 10 N–H and O–H groups in total. The van der Waals surface area contributed by atoms with Gasteiger partial charge < -0.3 is 31.6 Å². The zero-order chi connectivity index (χ0) is 11.8. The van der Waals surface area contributed by atoms with Crippen molar-refractivity contribution < 1.29 is 36.2 Å². The van der Waals surface area contributed by atoms with Crippen molar-refractivity contribution in [3.8, 4) is 0 Å². The van der Waals surface area contributed by atoms with Gasteiger partial charge in [0.25, 0.3) is 0 Å². The Bertz CT molecular complexity index is 288. The van der Waals surface area contributed by atoms with Crippen molar-refractivity contribution in [2.45, 2.75) is 0 Å². The Labute approximate surface area is 94.0 Å². The van der Waals surface area contributed by atoms with Crippen LogP contribution < -0.4 is 12.3 Å². The zero-order valence-electron chi connectivity index (χ0n) is 8.99. The molecule has 0 aliphatic rings. The molecule has 12 heteroatoms. The van der Waals surface area contributed by atoms with Gasteiger partial charge in [0.15, 0.2) is 0 Å². The molecule has 0 radical (unpaired) electrons. The van der Waals surface area contributed by atoms with Crippen molar-refractivity contribution in [3.63, 3.8) is 0 Å². The number of hydrogen-bond donors (Lipinski definition) is 4. The van der Waals surface area contributed by atoms with Crippen LogP contribution in [0.4, 0.5) is 0 Å². The standard InChI is InChI=1S/2C2H6O4S.2H3N/c2*3-1-2-7(4,5)6;;/h2*3H,1-2H2,(H,4,5,6);2*1H3. The second-order valence-corrected chi connectivity index (χ2v) is 5.02. The summed E-state index contributed by atoms with van der Waals surface area (Å²) in [6.45, 7) is -1.18. The van der Waals surface area contributed by atoms with Gasteiger partial charge in [-0.15, -0.1) is 0 Å². The summed E-state index contributed by atoms with van der Waals surface area (Å²) in [5, 5.41) is 15.6. The van der Waals surface area contributed by atoms with Crippen molar-refractivity contribution in [1.82, 2.24) is 12.3 Å². The Hall–Kier alpha value is -0.340. The molecular formula is C4H18N2O8S2. The van der Waals surface area contributed by atoms with Crippen LogP contribution in [0.2, 0.25) is 0 Å². The van der Waals surface area contributed by atoms with E-state index in [1.165, 1.54) is 0 Å². The summed E-state index contributed by atoms with van der Waals surface area (Å²) >= 11 is 0. The summed E-state index contributed by atoms with van der Waals surface area (Å²) in [6.07, 6.45) is 0. The van der Waals surface area contributed by atoms with Crippen LogP contribution in [0.15, 0.2) is 0 Å². The quantitative estimate of drug-likeness (QED) is 0.413. The fourth-order valence-corrected chi connectivity index (χ4v) is 0.671. The van der Waals surface area contributed by atoms with E-state index in [0.717, 1.165) is 0 Å². The highest BCUT2D eigenvalue weighted by molar-refractivity contribution is 7.85. The summed E-state index contributed by atoms with van der Waals surface area (Å²) in [6, 6.07) is 0. The molecule has 0 fully saturated rings. The predicted octanol–water partition coefficient (Wildman–Crippen LogP) is -2.20. The molecule has 0 aromatic heterocycles. The summed E-state index contributed by atoms with van der Waals surface area (Å²) in [5.41, 5.74) is 0. The maximum Gasteiger partial charge on any atom is 0.0968 e. The van der Waals surface area contributed by atoms with E-state index in [4.69, 9.17) is 10.2 Å². The summed E-state index contributed by atoms with van der Waals surface area (Å²) in [5.74, 6) is -1.38. The molecule has 0 atom stereocenters. The van der Waals surface area contributed by atoms with Crippen LogP contribution in [0.5, 0.6) is 0 Å². The van der Waals surface area contributed by atoms with Crippen molar-refractivity contribution in [2.75, 3.05) is 24.7 Å². The van der Waals surface area contributed by atoms with Gasteiger partial charge in [-0.2, -0.15) is 0 Å². The predicted molar refractivity (Wildman–Crippen MR) is 55.3 cm³/mol. The molecule has 104 valence electrons. The second kappa shape index (κ2) is 11.2. The van der Waals surface area contributed by atoms with Crippen molar-refractivity contribution in [3.05, 3.63) is 0 Å². The number of aliphatic hydroxyl groups excluding tert-OH is 2. The number of rotatable bonds is 4. The Morgan fingerprint density at radius 1 is 0.750 bits per heavy atom. The molecule has 10 nitrogen and oxygen atoms in total. The first kappa shape index (κ1) is 24.8. The third-order valence-corrected chi connectivity index (χ3v) is 2.05. The molecule has 0 amide bonds. The van der Waals surface area contributed by atoms with E-state index in [1.807, 2.05) is 0 Å². The maximum absolute atomic E-state index is 9.52. The highest BCUT2D eigenvalue weighted by Crippen LogP contribution is 1.76. The molecule has 0 saturated heterocycles. The maximum atomic E-state index is 9.52. The van der Waals surface area contributed by atoms with Crippen molar-refractivity contribution >= 4 is 20.2 Å². The molecule has 0 spiro atoms. The average molecular weight is 286 g/mol. The van der Waals surface area contributed by atoms with Gasteiger partial charge in [0.2, 0.25) is 0 Å². The molecule has 0 unspecified atom stereocenters. The molecule has 0 heterocycles. The lowest BCUT2D eigenvalue weighted by Gasteiger charge is -2.00. The van der Waals surface area contributed by atoms with Crippen LogP contribution in [0.1, 0.15) is 0 Å². The van der Waals surface area contributed by atoms with Crippen LogP contribution in [0, 0.1) is 0 Å². The van der Waals surface area contributed by atoms with E-state index in [1.54, 1.807) is 0 Å². The van der Waals surface area contributed by atoms with Gasteiger partial charge in [-0.25, -0.2) is 16.8 Å². The Morgan fingerprint density at radius 2 is 0.938 bits per heavy atom. The highest BCUT2D eigenvalue weighted by Gasteiger charge is 1.88. The van der Waals surface area contributed by atoms with Crippen LogP contribution >= 0.6 is 0 Å². The van der Waals surface area contributed by atoms with Crippen LogP contribution in [0.25, 0.3) is 0 Å². The lowest BCUT2D eigenvalue weighted by Crippen LogP contribution is -2.07. The van der Waals surface area contributed by atoms with Crippen molar-refractivity contribution in [1.29, 1.82) is 0 Å². The van der Waals surface area contributed by atoms with Gasteiger partial charge in [-0.3, -0.25) is 0 Å². The fraction of sp³-hybridized carbons (Fsp3) is 1.00. The fourth-order valence-electron chi connectivity index (χ4n) is 0.224. The Morgan fingerprint density at radius 3 is 0.938 bits per heavy atom. The number of hydrogen-bond acceptors (Lipinski definition) is 8. The topological polar surface area (TPSA) is 228 Å². The molecule has 0 aliphatic heterocycles. The minimum atomic E-state index is -4.17. The minimum Gasteiger partial charge on any atom is -0.748 e. The van der Waals surface area contributed by atoms with E-state index in [9.17, 15) is 25.9 Å². The summed E-state index contributed by atoms with van der Waals surface area (Å²) < 4.78 is 57.1. The zero-order valence-corrected chi connectivity index (χ0v) is 10.6. The smallest absolute Gasteiger partial charge is 0.0968 e. The lowest BCUT2D eigenvalue weighted by atomic mass is 10.9. The van der Waals surface area contributed by atoms with Crippen LogP contribution in [-0.4, -0.2) is 60.9 Å². The molecule has 0 rings (SSSR count). The molecule has 0 saturated carbocycles. The number of quaternary nitrogens is 2. The first-order valence-electron chi connectivity index (χ1n) is 3.21. The molecule has 0 aliphatic carbocycles. The van der Waals surface area contributed by atoms with Crippen LogP contribution in [0.3, 0.4) is 0 Å². The van der Waals surface area contributed by atoms with Crippen LogP contribution in [-0.2, 0) is 20.2 Å². The van der Waals surface area contributed by atoms with Gasteiger partial charge in [0, 0.05) is 0 Å².